The van der Waals surface area contributed by atoms with Crippen LogP contribution in [0.25, 0.3) is 0 Å². The molecule has 0 radical (unpaired) electrons. The Bertz CT molecular complexity index is 274. The van der Waals surface area contributed by atoms with Crippen LogP contribution in [0, 0.1) is 5.92 Å². The van der Waals surface area contributed by atoms with Gasteiger partial charge in [-0.1, -0.05) is 0 Å². The van der Waals surface area contributed by atoms with Crippen molar-refractivity contribution in [2.75, 3.05) is 45.2 Å². The molecule has 0 aromatic heterocycles. The van der Waals surface area contributed by atoms with Gasteiger partial charge in [-0.15, -0.1) is 0 Å². The quantitative estimate of drug-likeness (QED) is 0.793. The van der Waals surface area contributed by atoms with E-state index in [1.165, 1.54) is 44.6 Å². The summed E-state index contributed by atoms with van der Waals surface area (Å²) in [6.07, 6.45) is 6.07. The Morgan fingerprint density at radius 3 is 2.94 bits per heavy atom. The molecule has 3 nitrogen and oxygen atoms in total. The summed E-state index contributed by atoms with van der Waals surface area (Å²) in [6.45, 7) is 7.00. The van der Waals surface area contributed by atoms with Crippen molar-refractivity contribution < 1.29 is 0 Å². The maximum Gasteiger partial charge on any atom is 0.0384 e. The summed E-state index contributed by atoms with van der Waals surface area (Å²) in [6, 6.07) is 0.646. The van der Waals surface area contributed by atoms with E-state index in [1.54, 1.807) is 0 Å². The lowest BCUT2D eigenvalue weighted by atomic mass is 9.76. The molecule has 0 aromatic carbocycles. The van der Waals surface area contributed by atoms with E-state index in [1.807, 2.05) is 11.8 Å². The fourth-order valence-corrected chi connectivity index (χ4v) is 4.41. The van der Waals surface area contributed by atoms with Crippen LogP contribution < -0.4 is 5.73 Å². The van der Waals surface area contributed by atoms with Crippen molar-refractivity contribution in [1.29, 1.82) is 0 Å². The lowest BCUT2D eigenvalue weighted by Gasteiger charge is -2.51. The molecule has 18 heavy (non-hydrogen) atoms. The van der Waals surface area contributed by atoms with Crippen molar-refractivity contribution in [2.24, 2.45) is 11.7 Å². The van der Waals surface area contributed by atoms with E-state index in [-0.39, 0.29) is 5.54 Å². The highest BCUT2D eigenvalue weighted by molar-refractivity contribution is 7.98. The fraction of sp³-hybridized carbons (Fsp3) is 1.00. The van der Waals surface area contributed by atoms with Gasteiger partial charge < -0.3 is 10.6 Å². The molecule has 2 bridgehead atoms. The SMILES string of the molecule is CSCCC(C)N(C)C1(CN)CCN2CCC1C2. The van der Waals surface area contributed by atoms with Crippen molar-refractivity contribution in [3.8, 4) is 0 Å². The van der Waals surface area contributed by atoms with Gasteiger partial charge in [0.1, 0.15) is 0 Å². The first-order chi connectivity index (χ1) is 8.64. The Kier molecular flexibility index (Phi) is 4.98. The van der Waals surface area contributed by atoms with Crippen LogP contribution in [0.15, 0.2) is 0 Å². The standard InChI is InChI=1S/C14H29N3S/c1-12(5-9-18-3)16(2)14(11-15)6-8-17-7-4-13(14)10-17/h12-13H,4-11,15H2,1-3H3. The summed E-state index contributed by atoms with van der Waals surface area (Å²) in [5.74, 6) is 2.04. The molecule has 2 N–H and O–H groups in total. The molecule has 0 aliphatic carbocycles. The second-order valence-corrected chi connectivity index (χ2v) is 7.07. The number of hydrogen-bond donors (Lipinski definition) is 1. The molecule has 4 atom stereocenters. The molecule has 2 saturated heterocycles. The van der Waals surface area contributed by atoms with E-state index in [0.29, 0.717) is 6.04 Å². The van der Waals surface area contributed by atoms with Crippen molar-refractivity contribution in [2.45, 2.75) is 37.8 Å². The van der Waals surface area contributed by atoms with E-state index in [4.69, 9.17) is 5.73 Å². The molecule has 106 valence electrons. The minimum Gasteiger partial charge on any atom is -0.329 e. The Hall–Kier alpha value is 0.230. The Labute approximate surface area is 116 Å². The van der Waals surface area contributed by atoms with Crippen LogP contribution in [0.1, 0.15) is 26.2 Å². The summed E-state index contributed by atoms with van der Waals surface area (Å²) in [4.78, 5) is 5.23. The van der Waals surface area contributed by atoms with E-state index in [2.05, 4.69) is 30.0 Å². The smallest absolute Gasteiger partial charge is 0.0384 e. The average molecular weight is 271 g/mol. The summed E-state index contributed by atoms with van der Waals surface area (Å²) in [5, 5.41) is 0. The predicted octanol–water partition coefficient (Wildman–Crippen LogP) is 1.48. The summed E-state index contributed by atoms with van der Waals surface area (Å²) >= 11 is 1.95. The zero-order valence-corrected chi connectivity index (χ0v) is 13.0. The molecule has 0 aromatic rings. The lowest BCUT2D eigenvalue weighted by molar-refractivity contribution is 0.00161. The number of fused-ring (bicyclic) bond motifs is 2. The second-order valence-electron chi connectivity index (χ2n) is 6.09. The first-order valence-corrected chi connectivity index (χ1v) is 8.67. The predicted molar refractivity (Wildman–Crippen MR) is 81.2 cm³/mol. The van der Waals surface area contributed by atoms with Crippen LogP contribution >= 0.6 is 11.8 Å². The maximum atomic E-state index is 6.22. The normalized spacial score (nSPS) is 37.2. The minimum absolute atomic E-state index is 0.269. The van der Waals surface area contributed by atoms with Crippen LogP contribution in [0.4, 0.5) is 0 Å². The summed E-state index contributed by atoms with van der Waals surface area (Å²) in [5.41, 5.74) is 6.49. The molecule has 2 heterocycles. The van der Waals surface area contributed by atoms with Crippen molar-refractivity contribution in [1.82, 2.24) is 9.80 Å². The van der Waals surface area contributed by atoms with Crippen LogP contribution in [0.5, 0.6) is 0 Å². The van der Waals surface area contributed by atoms with Crippen molar-refractivity contribution >= 4 is 11.8 Å². The molecule has 2 aliphatic heterocycles. The molecule has 0 saturated carbocycles. The van der Waals surface area contributed by atoms with Crippen molar-refractivity contribution in [3.05, 3.63) is 0 Å². The largest absolute Gasteiger partial charge is 0.329 e. The molecular weight excluding hydrogens is 242 g/mol. The van der Waals surface area contributed by atoms with Gasteiger partial charge in [0.2, 0.25) is 0 Å². The van der Waals surface area contributed by atoms with Gasteiger partial charge in [-0.05, 0) is 64.2 Å². The molecule has 2 aliphatic rings. The number of nitrogens with zero attached hydrogens (tertiary/aromatic N) is 2. The number of thioether (sulfide) groups is 1. The molecule has 0 amide bonds. The van der Waals surface area contributed by atoms with Gasteiger partial charge in [0.25, 0.3) is 0 Å². The number of hydrogen-bond acceptors (Lipinski definition) is 4. The molecular formula is C14H29N3S. The Balaban J connectivity index is 2.06. The van der Waals surface area contributed by atoms with Crippen LogP contribution in [0.3, 0.4) is 0 Å². The second kappa shape index (κ2) is 6.12. The molecule has 0 spiro atoms. The van der Waals surface area contributed by atoms with Crippen LogP contribution in [-0.4, -0.2) is 66.6 Å². The first-order valence-electron chi connectivity index (χ1n) is 7.28. The van der Waals surface area contributed by atoms with E-state index in [0.717, 1.165) is 12.5 Å². The van der Waals surface area contributed by atoms with Gasteiger partial charge in [-0.25, -0.2) is 0 Å². The summed E-state index contributed by atoms with van der Waals surface area (Å²) in [7, 11) is 2.31. The highest BCUT2D eigenvalue weighted by atomic mass is 32.2. The molecule has 4 heteroatoms. The fourth-order valence-electron chi connectivity index (χ4n) is 3.83. The summed E-state index contributed by atoms with van der Waals surface area (Å²) < 4.78 is 0. The number of rotatable bonds is 6. The lowest BCUT2D eigenvalue weighted by Crippen LogP contribution is -2.63. The average Bonchev–Trinajstić information content (AvgIpc) is 2.80. The van der Waals surface area contributed by atoms with Gasteiger partial charge >= 0.3 is 0 Å². The highest BCUT2D eigenvalue weighted by Gasteiger charge is 2.48. The topological polar surface area (TPSA) is 32.5 Å². The van der Waals surface area contributed by atoms with Gasteiger partial charge in [0, 0.05) is 24.7 Å². The van der Waals surface area contributed by atoms with Crippen molar-refractivity contribution in [3.63, 3.8) is 0 Å². The number of likely N-dealkylation sites (N-methyl/N-ethyl adjacent to an activating group) is 1. The van der Waals surface area contributed by atoms with Gasteiger partial charge in [-0.3, -0.25) is 4.90 Å². The maximum absolute atomic E-state index is 6.22. The third-order valence-corrected chi connectivity index (χ3v) is 5.99. The highest BCUT2D eigenvalue weighted by Crippen LogP contribution is 2.39. The first kappa shape index (κ1) is 14.6. The molecule has 4 unspecified atom stereocenters. The van der Waals surface area contributed by atoms with Gasteiger partial charge in [0.05, 0.1) is 0 Å². The monoisotopic (exact) mass is 271 g/mol. The molecule has 2 rings (SSSR count). The van der Waals surface area contributed by atoms with E-state index < -0.39 is 0 Å². The van der Waals surface area contributed by atoms with Crippen LogP contribution in [-0.2, 0) is 0 Å². The third-order valence-electron chi connectivity index (χ3n) is 5.35. The zero-order chi connectivity index (χ0) is 13.2. The Morgan fingerprint density at radius 2 is 2.28 bits per heavy atom. The zero-order valence-electron chi connectivity index (χ0n) is 12.2. The number of nitrogens with two attached hydrogens (primary N) is 1. The molecule has 2 fully saturated rings. The third kappa shape index (κ3) is 2.58. The van der Waals surface area contributed by atoms with E-state index in [9.17, 15) is 0 Å². The Morgan fingerprint density at radius 1 is 1.50 bits per heavy atom. The minimum atomic E-state index is 0.269. The van der Waals surface area contributed by atoms with Gasteiger partial charge in [0.15, 0.2) is 0 Å². The number of piperidine rings is 1. The van der Waals surface area contributed by atoms with Gasteiger partial charge in [-0.2, -0.15) is 11.8 Å². The van der Waals surface area contributed by atoms with E-state index >= 15 is 0 Å². The van der Waals surface area contributed by atoms with Crippen LogP contribution in [0.2, 0.25) is 0 Å².